The summed E-state index contributed by atoms with van der Waals surface area (Å²) in [6.45, 7) is 4.19. The van der Waals surface area contributed by atoms with Crippen molar-refractivity contribution in [2.45, 2.75) is 32.8 Å². The van der Waals surface area contributed by atoms with Crippen LogP contribution >= 0.6 is 0 Å². The van der Waals surface area contributed by atoms with Gasteiger partial charge in [0.15, 0.2) is 0 Å². The molecule has 108 valence electrons. The Hall–Kier alpha value is -2.29. The zero-order valence-electron chi connectivity index (χ0n) is 12.2. The standard InChI is InChI=1S/C18H18O3/c1-11-8-14-6-7-16(21-17(14)9-12(11)2)13-4-3-5-15(10-13)18(19)20/h3-5,8-10,16H,6-7H2,1-2H3,(H,19,20). The maximum Gasteiger partial charge on any atom is 0.335 e. The average Bonchev–Trinajstić information content (AvgIpc) is 2.48. The molecule has 3 nitrogen and oxygen atoms in total. The van der Waals surface area contributed by atoms with E-state index < -0.39 is 5.97 Å². The smallest absolute Gasteiger partial charge is 0.335 e. The molecule has 3 heteroatoms. The third kappa shape index (κ3) is 2.64. The Morgan fingerprint density at radius 1 is 1.19 bits per heavy atom. The van der Waals surface area contributed by atoms with E-state index in [9.17, 15) is 4.79 Å². The predicted octanol–water partition coefficient (Wildman–Crippen LogP) is 4.07. The molecule has 2 aromatic rings. The Morgan fingerprint density at radius 2 is 1.95 bits per heavy atom. The number of ether oxygens (including phenoxy) is 1. The largest absolute Gasteiger partial charge is 0.485 e. The Balaban J connectivity index is 1.91. The lowest BCUT2D eigenvalue weighted by atomic mass is 9.94. The van der Waals surface area contributed by atoms with Gasteiger partial charge in [0.1, 0.15) is 11.9 Å². The highest BCUT2D eigenvalue weighted by atomic mass is 16.5. The van der Waals surface area contributed by atoms with Crippen molar-refractivity contribution in [3.8, 4) is 5.75 Å². The molecule has 1 atom stereocenters. The second-order valence-corrected chi connectivity index (χ2v) is 5.62. The van der Waals surface area contributed by atoms with Crippen molar-refractivity contribution in [2.75, 3.05) is 0 Å². The molecule has 0 amide bonds. The van der Waals surface area contributed by atoms with Crippen LogP contribution in [0.3, 0.4) is 0 Å². The molecule has 0 bridgehead atoms. The molecule has 0 aromatic heterocycles. The summed E-state index contributed by atoms with van der Waals surface area (Å²) in [4.78, 5) is 11.1. The van der Waals surface area contributed by atoms with Gasteiger partial charge in [-0.2, -0.15) is 0 Å². The van der Waals surface area contributed by atoms with Crippen LogP contribution in [0.1, 0.15) is 45.1 Å². The quantitative estimate of drug-likeness (QED) is 0.903. The Labute approximate surface area is 124 Å². The Morgan fingerprint density at radius 3 is 2.71 bits per heavy atom. The maximum atomic E-state index is 11.1. The second kappa shape index (κ2) is 5.24. The van der Waals surface area contributed by atoms with Crippen LogP contribution in [0.15, 0.2) is 36.4 Å². The van der Waals surface area contributed by atoms with Crippen molar-refractivity contribution >= 4 is 5.97 Å². The van der Waals surface area contributed by atoms with Crippen molar-refractivity contribution in [3.63, 3.8) is 0 Å². The third-order valence-electron chi connectivity index (χ3n) is 4.13. The molecule has 21 heavy (non-hydrogen) atoms. The fraction of sp³-hybridized carbons (Fsp3) is 0.278. The van der Waals surface area contributed by atoms with E-state index >= 15 is 0 Å². The molecule has 1 aliphatic heterocycles. The molecule has 2 aromatic carbocycles. The third-order valence-corrected chi connectivity index (χ3v) is 4.13. The van der Waals surface area contributed by atoms with E-state index in [0.29, 0.717) is 5.56 Å². The van der Waals surface area contributed by atoms with Gasteiger partial charge in [0.25, 0.3) is 0 Å². The van der Waals surface area contributed by atoms with Crippen LogP contribution in [0.2, 0.25) is 0 Å². The number of aryl methyl sites for hydroxylation is 3. The minimum Gasteiger partial charge on any atom is -0.485 e. The fourth-order valence-electron chi connectivity index (χ4n) is 2.76. The monoisotopic (exact) mass is 282 g/mol. The minimum absolute atomic E-state index is 0.0705. The number of carbonyl (C=O) groups is 1. The fourth-order valence-corrected chi connectivity index (χ4v) is 2.76. The summed E-state index contributed by atoms with van der Waals surface area (Å²) < 4.78 is 6.10. The zero-order chi connectivity index (χ0) is 15.0. The van der Waals surface area contributed by atoms with E-state index in [1.807, 2.05) is 6.07 Å². The number of fused-ring (bicyclic) bond motifs is 1. The molecule has 0 saturated carbocycles. The van der Waals surface area contributed by atoms with Gasteiger partial charge in [-0.15, -0.1) is 0 Å². The summed E-state index contributed by atoms with van der Waals surface area (Å²) in [5, 5.41) is 9.09. The summed E-state index contributed by atoms with van der Waals surface area (Å²) in [5.74, 6) is 0.0228. The van der Waals surface area contributed by atoms with Gasteiger partial charge < -0.3 is 9.84 Å². The lowest BCUT2D eigenvalue weighted by Crippen LogP contribution is -2.16. The summed E-state index contributed by atoms with van der Waals surface area (Å²) in [7, 11) is 0. The summed E-state index contributed by atoms with van der Waals surface area (Å²) in [6, 6.07) is 11.3. The Bertz CT molecular complexity index is 704. The van der Waals surface area contributed by atoms with Crippen LogP contribution < -0.4 is 4.74 Å². The number of benzene rings is 2. The topological polar surface area (TPSA) is 46.5 Å². The molecule has 0 radical (unpaired) electrons. The van der Waals surface area contributed by atoms with E-state index in [2.05, 4.69) is 26.0 Å². The van der Waals surface area contributed by atoms with Crippen LogP contribution in [-0.2, 0) is 6.42 Å². The highest BCUT2D eigenvalue weighted by molar-refractivity contribution is 5.87. The average molecular weight is 282 g/mol. The van der Waals surface area contributed by atoms with Gasteiger partial charge in [0, 0.05) is 0 Å². The molecule has 1 unspecified atom stereocenters. The molecule has 0 fully saturated rings. The molecular weight excluding hydrogens is 264 g/mol. The maximum absolute atomic E-state index is 11.1. The number of hydrogen-bond acceptors (Lipinski definition) is 2. The van der Waals surface area contributed by atoms with Crippen LogP contribution in [0.25, 0.3) is 0 Å². The molecule has 1 heterocycles. The lowest BCUT2D eigenvalue weighted by Gasteiger charge is -2.27. The SMILES string of the molecule is Cc1cc2c(cc1C)OC(c1cccc(C(=O)O)c1)CC2. The highest BCUT2D eigenvalue weighted by Gasteiger charge is 2.22. The van der Waals surface area contributed by atoms with Gasteiger partial charge in [-0.1, -0.05) is 18.2 Å². The van der Waals surface area contributed by atoms with Gasteiger partial charge in [-0.25, -0.2) is 4.79 Å². The number of rotatable bonds is 2. The number of aromatic carboxylic acids is 1. The first kappa shape index (κ1) is 13.7. The van der Waals surface area contributed by atoms with Crippen LogP contribution in [0.5, 0.6) is 5.75 Å². The summed E-state index contributed by atoms with van der Waals surface area (Å²) in [6.07, 6.45) is 1.76. The highest BCUT2D eigenvalue weighted by Crippen LogP contribution is 2.36. The van der Waals surface area contributed by atoms with Crippen LogP contribution in [0.4, 0.5) is 0 Å². The van der Waals surface area contributed by atoms with Crippen molar-refractivity contribution in [1.29, 1.82) is 0 Å². The molecule has 0 saturated heterocycles. The van der Waals surface area contributed by atoms with E-state index in [1.54, 1.807) is 18.2 Å². The second-order valence-electron chi connectivity index (χ2n) is 5.62. The molecular formula is C18H18O3. The molecule has 3 rings (SSSR count). The van der Waals surface area contributed by atoms with Gasteiger partial charge in [-0.05, 0) is 67.1 Å². The molecule has 1 aliphatic rings. The van der Waals surface area contributed by atoms with Crippen LogP contribution in [0, 0.1) is 13.8 Å². The van der Waals surface area contributed by atoms with Crippen molar-refractivity contribution < 1.29 is 14.6 Å². The number of carboxylic acids is 1. The van der Waals surface area contributed by atoms with Gasteiger partial charge in [-0.3, -0.25) is 0 Å². The zero-order valence-corrected chi connectivity index (χ0v) is 12.2. The van der Waals surface area contributed by atoms with Crippen molar-refractivity contribution in [1.82, 2.24) is 0 Å². The number of hydrogen-bond donors (Lipinski definition) is 1. The van der Waals surface area contributed by atoms with Crippen molar-refractivity contribution in [3.05, 3.63) is 64.2 Å². The van der Waals surface area contributed by atoms with Gasteiger partial charge in [0.2, 0.25) is 0 Å². The normalized spacial score (nSPS) is 17.0. The minimum atomic E-state index is -0.903. The van der Waals surface area contributed by atoms with E-state index in [4.69, 9.17) is 9.84 Å². The number of carboxylic acid groups (broad SMARTS) is 1. The van der Waals surface area contributed by atoms with E-state index in [-0.39, 0.29) is 6.10 Å². The van der Waals surface area contributed by atoms with E-state index in [0.717, 1.165) is 24.2 Å². The predicted molar refractivity (Wildman–Crippen MR) is 81.0 cm³/mol. The van der Waals surface area contributed by atoms with Crippen molar-refractivity contribution in [2.24, 2.45) is 0 Å². The Kier molecular flexibility index (Phi) is 3.42. The summed E-state index contributed by atoms with van der Waals surface area (Å²) in [5.41, 5.74) is 4.97. The van der Waals surface area contributed by atoms with Crippen LogP contribution in [-0.4, -0.2) is 11.1 Å². The molecule has 0 aliphatic carbocycles. The van der Waals surface area contributed by atoms with Gasteiger partial charge >= 0.3 is 5.97 Å². The lowest BCUT2D eigenvalue weighted by molar-refractivity contribution is 0.0696. The first-order chi connectivity index (χ1) is 10.0. The summed E-state index contributed by atoms with van der Waals surface area (Å²) >= 11 is 0. The van der Waals surface area contributed by atoms with E-state index in [1.165, 1.54) is 16.7 Å². The first-order valence-electron chi connectivity index (χ1n) is 7.14. The molecule has 1 N–H and O–H groups in total. The first-order valence-corrected chi connectivity index (χ1v) is 7.14. The molecule has 0 spiro atoms. The van der Waals surface area contributed by atoms with Gasteiger partial charge in [0.05, 0.1) is 5.56 Å².